The smallest absolute Gasteiger partial charge is 0.261 e. The van der Waals surface area contributed by atoms with Gasteiger partial charge in [-0.1, -0.05) is 18.2 Å². The predicted molar refractivity (Wildman–Crippen MR) is 108 cm³/mol. The van der Waals surface area contributed by atoms with Crippen LogP contribution in [0.4, 0.5) is 0 Å². The van der Waals surface area contributed by atoms with E-state index < -0.39 is 11.8 Å². The van der Waals surface area contributed by atoms with Crippen LogP contribution in [0.3, 0.4) is 0 Å². The first kappa shape index (κ1) is 19.4. The lowest BCUT2D eigenvalue weighted by Gasteiger charge is -2.11. The number of carbonyl (C=O) groups excluding carboxylic acids is 3. The first-order chi connectivity index (χ1) is 14.6. The summed E-state index contributed by atoms with van der Waals surface area (Å²) in [6.07, 6.45) is 2.09. The first-order valence-electron chi connectivity index (χ1n) is 9.51. The lowest BCUT2D eigenvalue weighted by atomic mass is 10.1. The van der Waals surface area contributed by atoms with Crippen molar-refractivity contribution in [3.05, 3.63) is 88.9 Å². The van der Waals surface area contributed by atoms with Gasteiger partial charge in [-0.25, -0.2) is 0 Å². The van der Waals surface area contributed by atoms with Gasteiger partial charge in [-0.05, 0) is 48.4 Å². The zero-order valence-corrected chi connectivity index (χ0v) is 16.4. The van der Waals surface area contributed by atoms with Crippen molar-refractivity contribution >= 4 is 17.7 Å². The van der Waals surface area contributed by atoms with Gasteiger partial charge in [0.25, 0.3) is 17.7 Å². The van der Waals surface area contributed by atoms with Crippen LogP contribution in [0.1, 0.15) is 42.4 Å². The Hall–Kier alpha value is -3.87. The number of rotatable bonds is 7. The topological polar surface area (TPSA) is 88.8 Å². The van der Waals surface area contributed by atoms with Gasteiger partial charge in [0.05, 0.1) is 31.0 Å². The fourth-order valence-electron chi connectivity index (χ4n) is 3.46. The fraction of sp³-hybridized carbons (Fsp3) is 0.174. The van der Waals surface area contributed by atoms with E-state index in [0.29, 0.717) is 24.3 Å². The summed E-state index contributed by atoms with van der Waals surface area (Å²) < 4.78 is 10.5. The Morgan fingerprint density at radius 2 is 1.83 bits per heavy atom. The molecule has 0 saturated carbocycles. The van der Waals surface area contributed by atoms with E-state index in [1.807, 2.05) is 24.3 Å². The molecule has 4 rings (SSSR count). The summed E-state index contributed by atoms with van der Waals surface area (Å²) in [6.45, 7) is 0.466. The normalized spacial score (nSPS) is 12.8. The molecule has 0 unspecified atom stereocenters. The molecule has 0 fully saturated rings. The molecule has 0 bridgehead atoms. The number of ether oxygens (including phenoxy) is 1. The number of hydrogen-bond acceptors (Lipinski definition) is 5. The van der Waals surface area contributed by atoms with E-state index >= 15 is 0 Å². The van der Waals surface area contributed by atoms with Gasteiger partial charge in [-0.3, -0.25) is 19.3 Å². The second kappa shape index (κ2) is 8.24. The summed E-state index contributed by atoms with van der Waals surface area (Å²) in [5.74, 6) is 0.144. The number of imide groups is 1. The van der Waals surface area contributed by atoms with Crippen LogP contribution in [0, 0.1) is 0 Å². The maximum Gasteiger partial charge on any atom is 0.261 e. The Morgan fingerprint density at radius 3 is 2.60 bits per heavy atom. The maximum atomic E-state index is 12.7. The van der Waals surface area contributed by atoms with Crippen LogP contribution in [-0.4, -0.2) is 36.3 Å². The monoisotopic (exact) mass is 404 g/mol. The molecule has 0 spiro atoms. The lowest BCUT2D eigenvalue weighted by molar-refractivity contribution is 0.0631. The standard InChI is InChI=1S/C23H20N2O5/c1-29-20-7-3-2-5-15(20)10-11-24-21(26)16-8-9-18-19(13-16)23(28)25(22(18)27)14-17-6-4-12-30-17/h2-9,12-13H,10-11,14H2,1H3,(H,24,26). The van der Waals surface area contributed by atoms with Crippen molar-refractivity contribution in [2.75, 3.05) is 13.7 Å². The number of nitrogens with one attached hydrogen (secondary N) is 1. The average Bonchev–Trinajstić information content (AvgIpc) is 3.37. The van der Waals surface area contributed by atoms with Crippen molar-refractivity contribution in [3.8, 4) is 5.75 Å². The van der Waals surface area contributed by atoms with Crippen LogP contribution in [0.5, 0.6) is 5.75 Å². The zero-order valence-electron chi connectivity index (χ0n) is 16.4. The second-order valence-corrected chi connectivity index (χ2v) is 6.85. The molecule has 1 aliphatic heterocycles. The number of para-hydroxylation sites is 1. The van der Waals surface area contributed by atoms with Crippen LogP contribution in [0.25, 0.3) is 0 Å². The molecule has 2 aromatic carbocycles. The summed E-state index contributed by atoms with van der Waals surface area (Å²) in [5.41, 5.74) is 1.83. The Kier molecular flexibility index (Phi) is 5.34. The summed E-state index contributed by atoms with van der Waals surface area (Å²) in [5, 5.41) is 2.84. The fourth-order valence-corrected chi connectivity index (χ4v) is 3.46. The molecule has 3 amide bonds. The first-order valence-corrected chi connectivity index (χ1v) is 9.51. The minimum atomic E-state index is -0.435. The highest BCUT2D eigenvalue weighted by molar-refractivity contribution is 6.22. The third-order valence-corrected chi connectivity index (χ3v) is 5.00. The third kappa shape index (κ3) is 3.69. The zero-order chi connectivity index (χ0) is 21.1. The van der Waals surface area contributed by atoms with Gasteiger partial charge in [0.1, 0.15) is 11.5 Å². The molecule has 2 heterocycles. The van der Waals surface area contributed by atoms with E-state index in [-0.39, 0.29) is 23.6 Å². The number of benzene rings is 2. The van der Waals surface area contributed by atoms with Crippen molar-refractivity contribution in [3.63, 3.8) is 0 Å². The Bertz CT molecular complexity index is 1100. The summed E-state index contributed by atoms with van der Waals surface area (Å²) in [6, 6.07) is 15.6. The second-order valence-electron chi connectivity index (χ2n) is 6.85. The third-order valence-electron chi connectivity index (χ3n) is 5.00. The van der Waals surface area contributed by atoms with E-state index in [1.165, 1.54) is 18.4 Å². The lowest BCUT2D eigenvalue weighted by Crippen LogP contribution is -2.28. The SMILES string of the molecule is COc1ccccc1CCNC(=O)c1ccc2c(c1)C(=O)N(Cc1ccco1)C2=O. The maximum absolute atomic E-state index is 12.7. The summed E-state index contributed by atoms with van der Waals surface area (Å²) in [4.78, 5) is 38.9. The van der Waals surface area contributed by atoms with E-state index in [4.69, 9.17) is 9.15 Å². The predicted octanol–water partition coefficient (Wildman–Crippen LogP) is 3.06. The largest absolute Gasteiger partial charge is 0.496 e. The van der Waals surface area contributed by atoms with Crippen LogP contribution >= 0.6 is 0 Å². The molecule has 0 aliphatic carbocycles. The van der Waals surface area contributed by atoms with Gasteiger partial charge < -0.3 is 14.5 Å². The van der Waals surface area contributed by atoms with Crippen LogP contribution in [0.15, 0.2) is 65.3 Å². The summed E-state index contributed by atoms with van der Waals surface area (Å²) >= 11 is 0. The highest BCUT2D eigenvalue weighted by atomic mass is 16.5. The molecule has 7 heteroatoms. The van der Waals surface area contributed by atoms with Gasteiger partial charge in [0.15, 0.2) is 0 Å². The van der Waals surface area contributed by atoms with Crippen molar-refractivity contribution in [2.24, 2.45) is 0 Å². The Labute approximate surface area is 173 Å². The highest BCUT2D eigenvalue weighted by Gasteiger charge is 2.36. The van der Waals surface area contributed by atoms with E-state index in [1.54, 1.807) is 25.3 Å². The number of methoxy groups -OCH3 is 1. The van der Waals surface area contributed by atoms with Gasteiger partial charge in [0.2, 0.25) is 0 Å². The van der Waals surface area contributed by atoms with Crippen LogP contribution < -0.4 is 10.1 Å². The molecule has 30 heavy (non-hydrogen) atoms. The molecule has 3 aromatic rings. The molecule has 0 saturated heterocycles. The molecule has 152 valence electrons. The van der Waals surface area contributed by atoms with Crippen LogP contribution in [-0.2, 0) is 13.0 Å². The van der Waals surface area contributed by atoms with Gasteiger partial charge in [-0.15, -0.1) is 0 Å². The van der Waals surface area contributed by atoms with Crippen molar-refractivity contribution < 1.29 is 23.5 Å². The quantitative estimate of drug-likeness (QED) is 0.612. The Morgan fingerprint density at radius 1 is 1.03 bits per heavy atom. The number of furan rings is 1. The molecule has 1 N–H and O–H groups in total. The Balaban J connectivity index is 1.43. The molecule has 0 radical (unpaired) electrons. The number of amides is 3. The van der Waals surface area contributed by atoms with E-state index in [2.05, 4.69) is 5.32 Å². The highest BCUT2D eigenvalue weighted by Crippen LogP contribution is 2.26. The number of fused-ring (bicyclic) bond motifs is 1. The summed E-state index contributed by atoms with van der Waals surface area (Å²) in [7, 11) is 1.61. The van der Waals surface area contributed by atoms with E-state index in [0.717, 1.165) is 16.2 Å². The van der Waals surface area contributed by atoms with E-state index in [9.17, 15) is 14.4 Å². The molecular formula is C23H20N2O5. The van der Waals surface area contributed by atoms with Crippen molar-refractivity contribution in [1.82, 2.24) is 10.2 Å². The molecule has 1 aromatic heterocycles. The molecule has 1 aliphatic rings. The van der Waals surface area contributed by atoms with Crippen molar-refractivity contribution in [1.29, 1.82) is 0 Å². The van der Waals surface area contributed by atoms with Gasteiger partial charge in [-0.2, -0.15) is 0 Å². The molecule has 0 atom stereocenters. The number of carbonyl (C=O) groups is 3. The molecule has 7 nitrogen and oxygen atoms in total. The van der Waals surface area contributed by atoms with Crippen molar-refractivity contribution in [2.45, 2.75) is 13.0 Å². The van der Waals surface area contributed by atoms with Gasteiger partial charge >= 0.3 is 0 Å². The minimum Gasteiger partial charge on any atom is -0.496 e. The van der Waals surface area contributed by atoms with Crippen LogP contribution in [0.2, 0.25) is 0 Å². The minimum absolute atomic E-state index is 0.0553. The average molecular weight is 404 g/mol. The molecular weight excluding hydrogens is 384 g/mol. The van der Waals surface area contributed by atoms with Gasteiger partial charge in [0, 0.05) is 12.1 Å². The number of hydrogen-bond donors (Lipinski definition) is 1. The number of nitrogens with zero attached hydrogens (tertiary/aromatic N) is 1.